The first-order chi connectivity index (χ1) is 7.33. The summed E-state index contributed by atoms with van der Waals surface area (Å²) in [5.41, 5.74) is 0. The monoisotopic (exact) mass is 210 g/mol. The molecule has 0 radical (unpaired) electrons. The molecule has 1 saturated carbocycles. The summed E-state index contributed by atoms with van der Waals surface area (Å²) in [6.07, 6.45) is 12.8. The van der Waals surface area contributed by atoms with E-state index < -0.39 is 0 Å². The van der Waals surface area contributed by atoms with Gasteiger partial charge in [-0.2, -0.15) is 0 Å². The van der Waals surface area contributed by atoms with Crippen LogP contribution in [-0.2, 0) is 9.53 Å². The van der Waals surface area contributed by atoms with Crippen molar-refractivity contribution in [1.82, 2.24) is 0 Å². The Kier molecular flexibility index (Phi) is 6.14. The third kappa shape index (κ3) is 5.60. The van der Waals surface area contributed by atoms with Crippen molar-refractivity contribution in [3.8, 4) is 0 Å². The lowest BCUT2D eigenvalue weighted by Gasteiger charge is -2.15. The van der Waals surface area contributed by atoms with Gasteiger partial charge in [-0.05, 0) is 25.7 Å². The molecule has 0 N–H and O–H groups in total. The highest BCUT2D eigenvalue weighted by Crippen LogP contribution is 2.23. The van der Waals surface area contributed by atoms with Gasteiger partial charge in [-0.15, -0.1) is 0 Å². The Labute approximate surface area is 92.7 Å². The number of hydrogen-bond donors (Lipinski definition) is 0. The number of carbonyl (C=O) groups is 1. The van der Waals surface area contributed by atoms with Crippen molar-refractivity contribution in [1.29, 1.82) is 0 Å². The van der Waals surface area contributed by atoms with Crippen LogP contribution in [0.1, 0.15) is 51.9 Å². The second kappa shape index (κ2) is 7.49. The third-order valence-electron chi connectivity index (χ3n) is 2.94. The minimum absolute atomic E-state index is 0.195. The molecule has 0 aromatic heterocycles. The molecule has 1 aliphatic carbocycles. The van der Waals surface area contributed by atoms with E-state index in [1.165, 1.54) is 44.9 Å². The maximum absolute atomic E-state index is 11.1. The maximum Gasteiger partial charge on any atom is 0.330 e. The quantitative estimate of drug-likeness (QED) is 0.526. The SMILES string of the molecule is CCOC(=O)/C=C\C1CCCCCCC1. The van der Waals surface area contributed by atoms with Crippen LogP contribution >= 0.6 is 0 Å². The van der Waals surface area contributed by atoms with Gasteiger partial charge in [0, 0.05) is 6.08 Å². The summed E-state index contributed by atoms with van der Waals surface area (Å²) in [7, 11) is 0. The third-order valence-corrected chi connectivity index (χ3v) is 2.94. The Hall–Kier alpha value is -0.790. The number of allylic oxidation sites excluding steroid dienone is 1. The van der Waals surface area contributed by atoms with E-state index in [1.807, 2.05) is 13.0 Å². The molecule has 2 heteroatoms. The van der Waals surface area contributed by atoms with Gasteiger partial charge in [0.05, 0.1) is 6.61 Å². The van der Waals surface area contributed by atoms with E-state index in [9.17, 15) is 4.79 Å². The fourth-order valence-corrected chi connectivity index (χ4v) is 2.09. The lowest BCUT2D eigenvalue weighted by molar-refractivity contribution is -0.137. The summed E-state index contributed by atoms with van der Waals surface area (Å²) in [5, 5.41) is 0. The normalized spacial score (nSPS) is 19.8. The summed E-state index contributed by atoms with van der Waals surface area (Å²) in [6, 6.07) is 0. The second-order valence-corrected chi connectivity index (χ2v) is 4.22. The summed E-state index contributed by atoms with van der Waals surface area (Å²) in [5.74, 6) is 0.397. The Balaban J connectivity index is 2.30. The van der Waals surface area contributed by atoms with Crippen molar-refractivity contribution >= 4 is 5.97 Å². The number of esters is 1. The summed E-state index contributed by atoms with van der Waals surface area (Å²) in [6.45, 7) is 2.30. The van der Waals surface area contributed by atoms with E-state index >= 15 is 0 Å². The highest BCUT2D eigenvalue weighted by atomic mass is 16.5. The molecule has 0 aliphatic heterocycles. The van der Waals surface area contributed by atoms with Gasteiger partial charge in [-0.25, -0.2) is 4.79 Å². The molecule has 1 fully saturated rings. The fraction of sp³-hybridized carbons (Fsp3) is 0.769. The molecule has 0 aromatic rings. The molecule has 0 heterocycles. The number of hydrogen-bond acceptors (Lipinski definition) is 2. The van der Waals surface area contributed by atoms with Crippen LogP contribution in [0.2, 0.25) is 0 Å². The minimum Gasteiger partial charge on any atom is -0.463 e. The van der Waals surface area contributed by atoms with Crippen molar-refractivity contribution in [2.45, 2.75) is 51.9 Å². The first-order valence-electron chi connectivity index (χ1n) is 6.18. The average Bonchev–Trinajstić information content (AvgIpc) is 2.16. The lowest BCUT2D eigenvalue weighted by Crippen LogP contribution is -2.03. The topological polar surface area (TPSA) is 26.3 Å². The first kappa shape index (κ1) is 12.3. The zero-order valence-electron chi connectivity index (χ0n) is 9.71. The molecule has 1 rings (SSSR count). The van der Waals surface area contributed by atoms with Crippen molar-refractivity contribution in [2.24, 2.45) is 5.92 Å². The van der Waals surface area contributed by atoms with Crippen molar-refractivity contribution < 1.29 is 9.53 Å². The van der Waals surface area contributed by atoms with Crippen LogP contribution < -0.4 is 0 Å². The molecule has 1 aliphatic rings. The minimum atomic E-state index is -0.195. The fourth-order valence-electron chi connectivity index (χ4n) is 2.09. The standard InChI is InChI=1S/C13H22O2/c1-2-15-13(14)11-10-12-8-6-4-3-5-7-9-12/h10-12H,2-9H2,1H3/b11-10-. The van der Waals surface area contributed by atoms with Gasteiger partial charge in [-0.1, -0.05) is 38.2 Å². The molecule has 15 heavy (non-hydrogen) atoms. The highest BCUT2D eigenvalue weighted by molar-refractivity contribution is 5.81. The molecule has 0 amide bonds. The summed E-state index contributed by atoms with van der Waals surface area (Å²) >= 11 is 0. The highest BCUT2D eigenvalue weighted by Gasteiger charge is 2.08. The van der Waals surface area contributed by atoms with Gasteiger partial charge in [0.1, 0.15) is 0 Å². The van der Waals surface area contributed by atoms with Crippen LogP contribution in [0.15, 0.2) is 12.2 Å². The van der Waals surface area contributed by atoms with E-state index in [-0.39, 0.29) is 5.97 Å². The number of carbonyl (C=O) groups excluding carboxylic acids is 1. The van der Waals surface area contributed by atoms with Gasteiger partial charge in [-0.3, -0.25) is 0 Å². The largest absolute Gasteiger partial charge is 0.463 e. The smallest absolute Gasteiger partial charge is 0.330 e. The Morgan fingerprint density at radius 2 is 1.80 bits per heavy atom. The van der Waals surface area contributed by atoms with Crippen molar-refractivity contribution in [3.05, 3.63) is 12.2 Å². The van der Waals surface area contributed by atoms with Crippen LogP contribution in [0.4, 0.5) is 0 Å². The van der Waals surface area contributed by atoms with Gasteiger partial charge < -0.3 is 4.74 Å². The van der Waals surface area contributed by atoms with Gasteiger partial charge >= 0.3 is 5.97 Å². The van der Waals surface area contributed by atoms with Crippen molar-refractivity contribution in [2.75, 3.05) is 6.61 Å². The molecule has 0 aromatic carbocycles. The van der Waals surface area contributed by atoms with Crippen LogP contribution in [0.5, 0.6) is 0 Å². The van der Waals surface area contributed by atoms with Gasteiger partial charge in [0.15, 0.2) is 0 Å². The van der Waals surface area contributed by atoms with E-state index in [1.54, 1.807) is 6.08 Å². The zero-order valence-corrected chi connectivity index (χ0v) is 9.71. The molecule has 0 bridgehead atoms. The molecule has 0 spiro atoms. The maximum atomic E-state index is 11.1. The lowest BCUT2D eigenvalue weighted by atomic mass is 9.91. The van der Waals surface area contributed by atoms with Crippen LogP contribution in [0.3, 0.4) is 0 Å². The van der Waals surface area contributed by atoms with Crippen LogP contribution in [-0.4, -0.2) is 12.6 Å². The van der Waals surface area contributed by atoms with Crippen LogP contribution in [0, 0.1) is 5.92 Å². The van der Waals surface area contributed by atoms with Crippen LogP contribution in [0.25, 0.3) is 0 Å². The summed E-state index contributed by atoms with van der Waals surface area (Å²) < 4.78 is 4.86. The van der Waals surface area contributed by atoms with Gasteiger partial charge in [0.25, 0.3) is 0 Å². The predicted octanol–water partition coefficient (Wildman–Crippen LogP) is 3.47. The zero-order chi connectivity index (χ0) is 10.9. The summed E-state index contributed by atoms with van der Waals surface area (Å²) in [4.78, 5) is 11.1. The molecular weight excluding hydrogens is 188 g/mol. The van der Waals surface area contributed by atoms with Crippen molar-refractivity contribution in [3.63, 3.8) is 0 Å². The van der Waals surface area contributed by atoms with E-state index in [2.05, 4.69) is 0 Å². The Bertz CT molecular complexity index is 201. The van der Waals surface area contributed by atoms with Gasteiger partial charge in [0.2, 0.25) is 0 Å². The molecule has 0 unspecified atom stereocenters. The second-order valence-electron chi connectivity index (χ2n) is 4.22. The molecular formula is C13H22O2. The van der Waals surface area contributed by atoms with E-state index in [0.717, 1.165) is 0 Å². The Morgan fingerprint density at radius 3 is 2.40 bits per heavy atom. The molecule has 0 saturated heterocycles. The Morgan fingerprint density at radius 1 is 1.20 bits per heavy atom. The van der Waals surface area contributed by atoms with E-state index in [4.69, 9.17) is 4.74 Å². The predicted molar refractivity (Wildman–Crippen MR) is 61.6 cm³/mol. The molecule has 2 nitrogen and oxygen atoms in total. The molecule has 0 atom stereocenters. The molecule has 86 valence electrons. The number of ether oxygens (including phenoxy) is 1. The number of rotatable bonds is 3. The first-order valence-corrected chi connectivity index (χ1v) is 6.18. The average molecular weight is 210 g/mol. The van der Waals surface area contributed by atoms with E-state index in [0.29, 0.717) is 12.5 Å².